The molecular formula is C21H25N5O2. The summed E-state index contributed by atoms with van der Waals surface area (Å²) >= 11 is 0. The summed E-state index contributed by atoms with van der Waals surface area (Å²) in [6, 6.07) is 6.41. The third-order valence-electron chi connectivity index (χ3n) is 6.01. The van der Waals surface area contributed by atoms with E-state index in [2.05, 4.69) is 16.6 Å². The molecule has 2 aliphatic heterocycles. The lowest BCUT2D eigenvalue weighted by atomic mass is 10.0. The molecule has 28 heavy (non-hydrogen) atoms. The molecule has 3 aliphatic rings. The Morgan fingerprint density at radius 3 is 2.57 bits per heavy atom. The first kappa shape index (κ1) is 17.4. The van der Waals surface area contributed by atoms with Crippen LogP contribution in [0.5, 0.6) is 0 Å². The van der Waals surface area contributed by atoms with Crippen molar-refractivity contribution in [2.24, 2.45) is 5.92 Å². The van der Waals surface area contributed by atoms with E-state index in [4.69, 9.17) is 0 Å². The molecule has 1 saturated carbocycles. The molecule has 0 radical (unpaired) electrons. The molecule has 0 spiro atoms. The molecule has 3 heterocycles. The first-order valence-electron chi connectivity index (χ1n) is 10.0. The molecular weight excluding hydrogens is 354 g/mol. The Morgan fingerprint density at radius 1 is 1.14 bits per heavy atom. The van der Waals surface area contributed by atoms with Crippen LogP contribution in [0.4, 0.5) is 11.4 Å². The van der Waals surface area contributed by atoms with Crippen LogP contribution in [-0.4, -0.2) is 47.3 Å². The number of aromatic nitrogens is 2. The van der Waals surface area contributed by atoms with Gasteiger partial charge in [-0.1, -0.05) is 6.07 Å². The zero-order valence-corrected chi connectivity index (χ0v) is 16.3. The van der Waals surface area contributed by atoms with Crippen molar-refractivity contribution >= 4 is 23.2 Å². The number of nitrogens with one attached hydrogen (secondary N) is 1. The summed E-state index contributed by atoms with van der Waals surface area (Å²) in [7, 11) is 0. The van der Waals surface area contributed by atoms with Crippen LogP contribution in [0.2, 0.25) is 0 Å². The number of rotatable bonds is 3. The van der Waals surface area contributed by atoms with Gasteiger partial charge in [-0.2, -0.15) is 5.10 Å². The van der Waals surface area contributed by atoms with E-state index in [0.29, 0.717) is 12.6 Å². The van der Waals surface area contributed by atoms with Crippen LogP contribution in [-0.2, 0) is 9.59 Å². The Balaban J connectivity index is 1.55. The second kappa shape index (κ2) is 6.44. The molecule has 1 atom stereocenters. The first-order chi connectivity index (χ1) is 13.5. The quantitative estimate of drug-likeness (QED) is 0.888. The maximum atomic E-state index is 12.9. The van der Waals surface area contributed by atoms with E-state index in [1.807, 2.05) is 40.9 Å². The van der Waals surface area contributed by atoms with E-state index < -0.39 is 0 Å². The number of carbonyl (C=O) groups is 2. The van der Waals surface area contributed by atoms with Crippen LogP contribution < -0.4 is 15.1 Å². The Labute approximate surface area is 164 Å². The molecule has 1 unspecified atom stereocenters. The van der Waals surface area contributed by atoms with Gasteiger partial charge < -0.3 is 15.1 Å². The number of hydrogen-bond donors (Lipinski definition) is 1. The minimum absolute atomic E-state index is 0.00493. The predicted octanol–water partition coefficient (Wildman–Crippen LogP) is 2.19. The molecule has 2 aromatic rings. The highest BCUT2D eigenvalue weighted by Gasteiger charge is 2.39. The number of anilines is 2. The van der Waals surface area contributed by atoms with E-state index in [1.54, 1.807) is 11.8 Å². The highest BCUT2D eigenvalue weighted by molar-refractivity contribution is 6.06. The molecule has 1 aliphatic carbocycles. The molecule has 5 rings (SSSR count). The maximum absolute atomic E-state index is 12.9. The minimum Gasteiger partial charge on any atom is -0.312 e. The van der Waals surface area contributed by atoms with Gasteiger partial charge in [-0.05, 0) is 37.5 Å². The summed E-state index contributed by atoms with van der Waals surface area (Å²) in [5.74, 6) is 0.330. The van der Waals surface area contributed by atoms with E-state index >= 15 is 0 Å². The number of amides is 2. The summed E-state index contributed by atoms with van der Waals surface area (Å²) in [6.45, 7) is 6.02. The first-order valence-corrected chi connectivity index (χ1v) is 10.0. The second-order valence-electron chi connectivity index (χ2n) is 8.19. The van der Waals surface area contributed by atoms with Crippen LogP contribution in [0.25, 0.3) is 11.1 Å². The molecule has 7 nitrogen and oxygen atoms in total. The standard InChI is InChI=1S/C21H25N5O2/c1-13-11-24(21(28)15-3-4-15)20-7-16(5-6-19(20)26(13)14(2)27)17-8-23-25(12-17)18-9-22-10-18/h5-8,12-13,15,18,22H,3-4,9-11H2,1-2H3. The molecule has 1 N–H and O–H groups in total. The molecule has 2 fully saturated rings. The number of fused-ring (bicyclic) bond motifs is 1. The molecule has 1 aromatic carbocycles. The lowest BCUT2D eigenvalue weighted by Crippen LogP contribution is -2.51. The molecule has 7 heteroatoms. The third kappa shape index (κ3) is 2.81. The van der Waals surface area contributed by atoms with Crippen molar-refractivity contribution in [1.82, 2.24) is 15.1 Å². The van der Waals surface area contributed by atoms with Crippen molar-refractivity contribution in [3.8, 4) is 11.1 Å². The van der Waals surface area contributed by atoms with Gasteiger partial charge in [0.2, 0.25) is 11.8 Å². The Hall–Kier alpha value is -2.67. The third-order valence-corrected chi connectivity index (χ3v) is 6.01. The van der Waals surface area contributed by atoms with Gasteiger partial charge in [0, 0.05) is 44.2 Å². The number of nitrogens with zero attached hydrogens (tertiary/aromatic N) is 4. The van der Waals surface area contributed by atoms with Crippen LogP contribution in [0.15, 0.2) is 30.6 Å². The van der Waals surface area contributed by atoms with Gasteiger partial charge in [0.05, 0.1) is 29.7 Å². The van der Waals surface area contributed by atoms with Crippen molar-refractivity contribution < 1.29 is 9.59 Å². The van der Waals surface area contributed by atoms with Gasteiger partial charge in [0.1, 0.15) is 0 Å². The van der Waals surface area contributed by atoms with Crippen molar-refractivity contribution in [1.29, 1.82) is 0 Å². The van der Waals surface area contributed by atoms with Crippen molar-refractivity contribution in [2.75, 3.05) is 29.4 Å². The van der Waals surface area contributed by atoms with Gasteiger partial charge in [-0.25, -0.2) is 0 Å². The second-order valence-corrected chi connectivity index (χ2v) is 8.19. The monoisotopic (exact) mass is 379 g/mol. The largest absolute Gasteiger partial charge is 0.312 e. The van der Waals surface area contributed by atoms with Crippen LogP contribution in [0.3, 0.4) is 0 Å². The summed E-state index contributed by atoms with van der Waals surface area (Å²) < 4.78 is 2.00. The molecule has 0 bridgehead atoms. The topological polar surface area (TPSA) is 70.5 Å². The minimum atomic E-state index is -0.0348. The predicted molar refractivity (Wildman–Crippen MR) is 107 cm³/mol. The van der Waals surface area contributed by atoms with E-state index in [9.17, 15) is 9.59 Å². The Bertz CT molecular complexity index is 944. The fourth-order valence-electron chi connectivity index (χ4n) is 4.19. The zero-order chi connectivity index (χ0) is 19.4. The highest BCUT2D eigenvalue weighted by Crippen LogP contribution is 2.42. The number of hydrogen-bond acceptors (Lipinski definition) is 4. The average Bonchev–Trinajstić information content (AvgIpc) is 3.37. The van der Waals surface area contributed by atoms with E-state index in [-0.39, 0.29) is 23.8 Å². The van der Waals surface area contributed by atoms with Gasteiger partial charge >= 0.3 is 0 Å². The molecule has 1 aromatic heterocycles. The van der Waals surface area contributed by atoms with E-state index in [0.717, 1.165) is 48.4 Å². The smallest absolute Gasteiger partial charge is 0.230 e. The lowest BCUT2D eigenvalue weighted by molar-refractivity contribution is -0.120. The van der Waals surface area contributed by atoms with Gasteiger partial charge in [0.15, 0.2) is 0 Å². The average molecular weight is 379 g/mol. The molecule has 1 saturated heterocycles. The van der Waals surface area contributed by atoms with Crippen molar-refractivity contribution in [3.63, 3.8) is 0 Å². The molecule has 2 amide bonds. The summed E-state index contributed by atoms with van der Waals surface area (Å²) in [4.78, 5) is 28.9. The Kier molecular flexibility index (Phi) is 4.01. The number of benzene rings is 1. The zero-order valence-electron chi connectivity index (χ0n) is 16.3. The fraction of sp³-hybridized carbons (Fsp3) is 0.476. The van der Waals surface area contributed by atoms with Crippen molar-refractivity contribution in [2.45, 2.75) is 38.8 Å². The summed E-state index contributed by atoms with van der Waals surface area (Å²) in [5.41, 5.74) is 3.70. The fourth-order valence-corrected chi connectivity index (χ4v) is 4.19. The lowest BCUT2D eigenvalue weighted by Gasteiger charge is -2.41. The van der Waals surface area contributed by atoms with Gasteiger partial charge in [-0.15, -0.1) is 0 Å². The Morgan fingerprint density at radius 2 is 1.93 bits per heavy atom. The maximum Gasteiger partial charge on any atom is 0.230 e. The van der Waals surface area contributed by atoms with E-state index in [1.165, 1.54) is 0 Å². The normalized spacial score (nSPS) is 22.0. The summed E-state index contributed by atoms with van der Waals surface area (Å²) in [6.07, 6.45) is 5.88. The van der Waals surface area contributed by atoms with Crippen LogP contribution >= 0.6 is 0 Å². The highest BCUT2D eigenvalue weighted by atomic mass is 16.2. The number of carbonyl (C=O) groups excluding carboxylic acids is 2. The van der Waals surface area contributed by atoms with Crippen LogP contribution in [0.1, 0.15) is 32.7 Å². The summed E-state index contributed by atoms with van der Waals surface area (Å²) in [5, 5.41) is 7.77. The van der Waals surface area contributed by atoms with Crippen LogP contribution in [0, 0.1) is 5.92 Å². The molecule has 146 valence electrons. The SMILES string of the molecule is CC(=O)N1c2ccc(-c3cnn(C4CNC4)c3)cc2N(C(=O)C2CC2)CC1C. The van der Waals surface area contributed by atoms with Gasteiger partial charge in [-0.3, -0.25) is 14.3 Å². The van der Waals surface area contributed by atoms with Crippen molar-refractivity contribution in [3.05, 3.63) is 30.6 Å². The van der Waals surface area contributed by atoms with Gasteiger partial charge in [0.25, 0.3) is 0 Å².